The van der Waals surface area contributed by atoms with Gasteiger partial charge < -0.3 is 30.0 Å². The van der Waals surface area contributed by atoms with Crippen molar-refractivity contribution >= 4 is 11.9 Å². The smallest absolute Gasteiger partial charge is 0.302 e. The van der Waals surface area contributed by atoms with Crippen molar-refractivity contribution in [2.24, 2.45) is 56.0 Å². The predicted octanol–water partition coefficient (Wildman–Crippen LogP) is 7.62. The first-order chi connectivity index (χ1) is 23.6. The van der Waals surface area contributed by atoms with Crippen LogP contribution in [-0.2, 0) is 28.5 Å². The number of nitrogens with two attached hydrogens (primary N) is 1. The van der Waals surface area contributed by atoms with Gasteiger partial charge in [-0.3, -0.25) is 9.59 Å². The van der Waals surface area contributed by atoms with E-state index in [0.717, 1.165) is 64.2 Å². The van der Waals surface area contributed by atoms with Crippen molar-refractivity contribution in [3.63, 3.8) is 0 Å². The number of rotatable bonds is 15. The molecule has 4 saturated carbocycles. The topological polar surface area (TPSA) is 109 Å². The molecular weight excluding hydrogens is 628 g/mol. The fraction of sp³-hybridized carbons (Fsp3) is 0.905. The van der Waals surface area contributed by atoms with Gasteiger partial charge in [-0.05, 0) is 123 Å². The molecule has 0 aromatic heterocycles. The van der Waals surface area contributed by atoms with E-state index in [0.29, 0.717) is 64.6 Å². The molecule has 0 spiro atoms. The Morgan fingerprint density at radius 1 is 0.800 bits per heavy atom. The van der Waals surface area contributed by atoms with Gasteiger partial charge in [0.1, 0.15) is 6.10 Å². The maximum atomic E-state index is 14.4. The van der Waals surface area contributed by atoms with E-state index >= 15 is 0 Å². The van der Waals surface area contributed by atoms with Crippen LogP contribution in [0.15, 0.2) is 11.6 Å². The normalized spacial score (nSPS) is 38.5. The summed E-state index contributed by atoms with van der Waals surface area (Å²) in [4.78, 5) is 26.4. The summed E-state index contributed by atoms with van der Waals surface area (Å²) >= 11 is 0. The number of esters is 1. The lowest BCUT2D eigenvalue weighted by atomic mass is 9.33. The molecule has 0 heterocycles. The van der Waals surface area contributed by atoms with Gasteiger partial charge in [0.25, 0.3) is 0 Å². The molecule has 0 aliphatic heterocycles. The van der Waals surface area contributed by atoms with Gasteiger partial charge >= 0.3 is 5.97 Å². The lowest BCUT2D eigenvalue weighted by Gasteiger charge is -2.71. The molecule has 286 valence electrons. The SMILES string of the molecule is CC(=O)O[C@H]1CC[C@]2(C)[C@H]3CC=C4[C@@H]5CC(C)(C)CC[C@]5(C(=O)NCCCOCCOCCOCCCN)CC[C@@]4(C)[C@]3(C)CC[C@H]2C1(C)C. The lowest BCUT2D eigenvalue weighted by Crippen LogP contribution is -2.65. The van der Waals surface area contributed by atoms with Gasteiger partial charge in [0.15, 0.2) is 0 Å². The molecule has 0 saturated heterocycles. The van der Waals surface area contributed by atoms with Gasteiger partial charge in [-0.15, -0.1) is 0 Å². The molecule has 8 heteroatoms. The van der Waals surface area contributed by atoms with Crippen LogP contribution < -0.4 is 11.1 Å². The fourth-order valence-electron chi connectivity index (χ4n) is 12.3. The number of amides is 1. The molecule has 3 N–H and O–H groups in total. The highest BCUT2D eigenvalue weighted by Crippen LogP contribution is 2.75. The Hall–Kier alpha value is -1.48. The van der Waals surface area contributed by atoms with Gasteiger partial charge in [-0.2, -0.15) is 0 Å². The van der Waals surface area contributed by atoms with Crippen LogP contribution >= 0.6 is 0 Å². The molecule has 0 unspecified atom stereocenters. The summed E-state index contributed by atoms with van der Waals surface area (Å²) in [5, 5.41) is 3.41. The van der Waals surface area contributed by atoms with Crippen molar-refractivity contribution < 1.29 is 28.5 Å². The van der Waals surface area contributed by atoms with Crippen molar-refractivity contribution in [1.82, 2.24) is 5.32 Å². The number of carbonyl (C=O) groups is 2. The Morgan fingerprint density at radius 3 is 2.10 bits per heavy atom. The number of hydrogen-bond donors (Lipinski definition) is 2. The first kappa shape index (κ1) is 39.7. The van der Waals surface area contributed by atoms with E-state index in [9.17, 15) is 9.59 Å². The van der Waals surface area contributed by atoms with Crippen molar-refractivity contribution in [3.8, 4) is 0 Å². The molecule has 0 bridgehead atoms. The van der Waals surface area contributed by atoms with Crippen LogP contribution in [0.1, 0.15) is 132 Å². The van der Waals surface area contributed by atoms with Crippen LogP contribution in [-0.4, -0.2) is 70.7 Å². The van der Waals surface area contributed by atoms with Crippen LogP contribution in [0.3, 0.4) is 0 Å². The monoisotopic (exact) mass is 701 g/mol. The highest BCUT2D eigenvalue weighted by atomic mass is 16.5. The minimum Gasteiger partial charge on any atom is -0.462 e. The van der Waals surface area contributed by atoms with E-state index in [2.05, 4.69) is 59.9 Å². The van der Waals surface area contributed by atoms with Crippen LogP contribution in [0, 0.1) is 50.2 Å². The summed E-state index contributed by atoms with van der Waals surface area (Å²) in [5.41, 5.74) is 7.39. The summed E-state index contributed by atoms with van der Waals surface area (Å²) < 4.78 is 22.8. The van der Waals surface area contributed by atoms with Gasteiger partial charge in [0, 0.05) is 32.1 Å². The third-order valence-corrected chi connectivity index (χ3v) is 15.3. The zero-order valence-corrected chi connectivity index (χ0v) is 33.1. The second-order valence-corrected chi connectivity index (χ2v) is 18.9. The molecule has 5 rings (SSSR count). The highest BCUT2D eigenvalue weighted by molar-refractivity contribution is 5.84. The van der Waals surface area contributed by atoms with E-state index in [-0.39, 0.29) is 56.4 Å². The standard InChI is InChI=1S/C42H72N2O6/c1-30(45)50-35-14-15-39(6)33(38(35,4)5)13-16-41(8)34(39)12-11-31-32-29-37(2,3)17-19-42(32,20-18-40(31,41)7)36(46)44-22-10-24-48-26-28-49-27-25-47-23-9-21-43/h11,32-35H,9-10,12-29,43H2,1-8H3,(H,44,46)/t32-,33-,34+,35-,39-,40+,41+,42-/m0/s1. The molecule has 50 heavy (non-hydrogen) atoms. The third-order valence-electron chi connectivity index (χ3n) is 15.3. The zero-order valence-electron chi connectivity index (χ0n) is 33.1. The molecule has 0 aromatic carbocycles. The van der Waals surface area contributed by atoms with Crippen LogP contribution in [0.25, 0.3) is 0 Å². The van der Waals surface area contributed by atoms with Crippen LogP contribution in [0.5, 0.6) is 0 Å². The second kappa shape index (κ2) is 15.5. The van der Waals surface area contributed by atoms with Crippen molar-refractivity contribution in [2.45, 2.75) is 139 Å². The van der Waals surface area contributed by atoms with E-state index in [1.165, 1.54) is 12.8 Å². The molecule has 0 radical (unpaired) electrons. The minimum atomic E-state index is -0.323. The van der Waals surface area contributed by atoms with Gasteiger partial charge in [0.2, 0.25) is 5.91 Å². The number of hydrogen-bond acceptors (Lipinski definition) is 7. The molecule has 0 aromatic rings. The maximum absolute atomic E-state index is 14.4. The summed E-state index contributed by atoms with van der Waals surface area (Å²) in [5.74, 6) is 1.51. The summed E-state index contributed by atoms with van der Waals surface area (Å²) in [6.45, 7) is 23.7. The average molecular weight is 701 g/mol. The molecule has 8 atom stereocenters. The van der Waals surface area contributed by atoms with E-state index in [4.69, 9.17) is 24.7 Å². The van der Waals surface area contributed by atoms with Crippen LogP contribution in [0.2, 0.25) is 0 Å². The summed E-state index contributed by atoms with van der Waals surface area (Å²) in [7, 11) is 0. The molecular formula is C42H72N2O6. The van der Waals surface area contributed by atoms with Crippen molar-refractivity contribution in [2.75, 3.05) is 52.7 Å². The highest BCUT2D eigenvalue weighted by Gasteiger charge is 2.69. The Balaban J connectivity index is 1.24. The van der Waals surface area contributed by atoms with Gasteiger partial charge in [-0.1, -0.05) is 60.1 Å². The number of carbonyl (C=O) groups excluding carboxylic acids is 2. The quantitative estimate of drug-likeness (QED) is 0.103. The molecule has 8 nitrogen and oxygen atoms in total. The fourth-order valence-corrected chi connectivity index (χ4v) is 12.3. The first-order valence-corrected chi connectivity index (χ1v) is 20.2. The largest absolute Gasteiger partial charge is 0.462 e. The number of ether oxygens (including phenoxy) is 4. The van der Waals surface area contributed by atoms with Crippen molar-refractivity contribution in [3.05, 3.63) is 11.6 Å². The molecule has 4 fully saturated rings. The molecule has 5 aliphatic carbocycles. The van der Waals surface area contributed by atoms with E-state index in [1.54, 1.807) is 12.5 Å². The Morgan fingerprint density at radius 2 is 1.44 bits per heavy atom. The lowest BCUT2D eigenvalue weighted by molar-refractivity contribution is -0.212. The zero-order chi connectivity index (χ0) is 36.4. The minimum absolute atomic E-state index is 0.00573. The third kappa shape index (κ3) is 7.35. The van der Waals surface area contributed by atoms with E-state index in [1.807, 2.05) is 0 Å². The van der Waals surface area contributed by atoms with E-state index < -0.39 is 0 Å². The Bertz CT molecular complexity index is 1230. The molecule has 5 aliphatic rings. The summed E-state index contributed by atoms with van der Waals surface area (Å²) in [6, 6.07) is 0. The Labute approximate surface area is 304 Å². The second-order valence-electron chi connectivity index (χ2n) is 18.9. The molecule has 1 amide bonds. The number of allylic oxidation sites excluding steroid dienone is 2. The summed E-state index contributed by atoms with van der Waals surface area (Å²) in [6.07, 6.45) is 15.1. The van der Waals surface area contributed by atoms with Crippen LogP contribution in [0.4, 0.5) is 0 Å². The van der Waals surface area contributed by atoms with Gasteiger partial charge in [0.05, 0.1) is 31.8 Å². The first-order valence-electron chi connectivity index (χ1n) is 20.2. The number of nitrogens with one attached hydrogen (secondary N) is 1. The maximum Gasteiger partial charge on any atom is 0.302 e. The predicted molar refractivity (Wildman–Crippen MR) is 198 cm³/mol. The van der Waals surface area contributed by atoms with Crippen molar-refractivity contribution in [1.29, 1.82) is 0 Å². The Kier molecular flexibility index (Phi) is 12.3. The van der Waals surface area contributed by atoms with Gasteiger partial charge in [-0.25, -0.2) is 0 Å². The average Bonchev–Trinajstić information content (AvgIpc) is 3.04. The number of fused-ring (bicyclic) bond motifs is 7.